The van der Waals surface area contributed by atoms with Crippen LogP contribution in [-0.2, 0) is 11.3 Å². The Labute approximate surface area is 156 Å². The summed E-state index contributed by atoms with van der Waals surface area (Å²) in [5, 5.41) is 3.73. The first kappa shape index (κ1) is 18.9. The van der Waals surface area contributed by atoms with Crippen LogP contribution in [0.3, 0.4) is 0 Å². The van der Waals surface area contributed by atoms with E-state index in [0.717, 1.165) is 11.3 Å². The minimum atomic E-state index is -0.224. The number of halogens is 3. The quantitative estimate of drug-likeness (QED) is 0.779. The topological polar surface area (TPSA) is 41.6 Å². The normalized spacial score (nSPS) is 10.8. The lowest BCUT2D eigenvalue weighted by Gasteiger charge is -2.18. The van der Waals surface area contributed by atoms with Gasteiger partial charge in [0, 0.05) is 17.1 Å². The Morgan fingerprint density at radius 3 is 2.42 bits per heavy atom. The molecule has 0 spiro atoms. The Bertz CT molecular complexity index is 715. The molecule has 2 aromatic carbocycles. The maximum absolute atomic E-state index is 12.2. The molecule has 0 atom stereocenters. The summed E-state index contributed by atoms with van der Waals surface area (Å²) in [5.41, 5.74) is 1.36. The van der Waals surface area contributed by atoms with E-state index in [9.17, 15) is 4.79 Å². The van der Waals surface area contributed by atoms with Crippen molar-refractivity contribution in [1.82, 2.24) is 4.90 Å². The number of nitrogens with zero attached hydrogens (tertiary/aromatic N) is 1. The minimum Gasteiger partial charge on any atom is -0.496 e. The average Bonchev–Trinajstić information content (AvgIpc) is 2.51. The lowest BCUT2D eigenvalue weighted by atomic mass is 10.2. The predicted octanol–water partition coefficient (Wildman–Crippen LogP) is 4.73. The molecule has 2 rings (SSSR count). The average molecular weight is 388 g/mol. The number of anilines is 1. The molecule has 0 aromatic heterocycles. The van der Waals surface area contributed by atoms with Crippen LogP contribution >= 0.6 is 34.8 Å². The third-order valence-electron chi connectivity index (χ3n) is 3.32. The molecule has 128 valence electrons. The zero-order valence-corrected chi connectivity index (χ0v) is 15.5. The molecule has 0 radical (unpaired) electrons. The molecular formula is C17H17Cl3N2O2. The van der Waals surface area contributed by atoms with E-state index in [0.29, 0.717) is 27.3 Å². The molecular weight excluding hydrogens is 371 g/mol. The van der Waals surface area contributed by atoms with Crippen molar-refractivity contribution < 1.29 is 9.53 Å². The van der Waals surface area contributed by atoms with Gasteiger partial charge in [-0.05, 0) is 25.2 Å². The van der Waals surface area contributed by atoms with E-state index in [-0.39, 0.29) is 12.5 Å². The third-order valence-corrected chi connectivity index (χ3v) is 4.13. The highest BCUT2D eigenvalue weighted by molar-refractivity contribution is 6.42. The van der Waals surface area contributed by atoms with E-state index < -0.39 is 0 Å². The number of nitrogens with one attached hydrogen (secondary N) is 1. The van der Waals surface area contributed by atoms with Crippen LogP contribution < -0.4 is 10.1 Å². The molecule has 0 bridgehead atoms. The SMILES string of the molecule is COc1ccccc1CN(C)CC(=O)Nc1c(Cl)cc(Cl)cc1Cl. The summed E-state index contributed by atoms with van der Waals surface area (Å²) in [4.78, 5) is 14.1. The van der Waals surface area contributed by atoms with E-state index in [4.69, 9.17) is 39.5 Å². The maximum Gasteiger partial charge on any atom is 0.238 e. The summed E-state index contributed by atoms with van der Waals surface area (Å²) >= 11 is 18.0. The second kappa shape index (κ2) is 8.58. The molecule has 0 aliphatic heterocycles. The number of benzene rings is 2. The fourth-order valence-electron chi connectivity index (χ4n) is 2.27. The highest BCUT2D eigenvalue weighted by atomic mass is 35.5. The number of rotatable bonds is 6. The zero-order valence-electron chi connectivity index (χ0n) is 13.3. The monoisotopic (exact) mass is 386 g/mol. The number of methoxy groups -OCH3 is 1. The molecule has 0 saturated carbocycles. The fraction of sp³-hybridized carbons (Fsp3) is 0.235. The summed E-state index contributed by atoms with van der Waals surface area (Å²) in [6.45, 7) is 0.743. The van der Waals surface area contributed by atoms with Crippen LogP contribution in [0.1, 0.15) is 5.56 Å². The molecule has 0 fully saturated rings. The Hall–Kier alpha value is -1.46. The van der Waals surface area contributed by atoms with Crippen molar-refractivity contribution in [2.45, 2.75) is 6.54 Å². The number of likely N-dealkylation sites (N-methyl/N-ethyl adjacent to an activating group) is 1. The first-order valence-electron chi connectivity index (χ1n) is 7.15. The van der Waals surface area contributed by atoms with Gasteiger partial charge in [0.25, 0.3) is 0 Å². The van der Waals surface area contributed by atoms with Crippen LogP contribution in [0.5, 0.6) is 5.75 Å². The molecule has 2 aromatic rings. The highest BCUT2D eigenvalue weighted by Crippen LogP contribution is 2.33. The van der Waals surface area contributed by atoms with Crippen molar-refractivity contribution in [1.29, 1.82) is 0 Å². The minimum absolute atomic E-state index is 0.174. The number of ether oxygens (including phenoxy) is 1. The fourth-order valence-corrected chi connectivity index (χ4v) is 3.18. The molecule has 1 N–H and O–H groups in total. The van der Waals surface area contributed by atoms with Crippen LogP contribution in [0.15, 0.2) is 36.4 Å². The molecule has 7 heteroatoms. The van der Waals surface area contributed by atoms with E-state index in [1.54, 1.807) is 7.11 Å². The second-order valence-electron chi connectivity index (χ2n) is 5.28. The van der Waals surface area contributed by atoms with Gasteiger partial charge >= 0.3 is 0 Å². The van der Waals surface area contributed by atoms with Gasteiger partial charge in [-0.2, -0.15) is 0 Å². The zero-order chi connectivity index (χ0) is 17.7. The molecule has 0 aliphatic carbocycles. The van der Waals surface area contributed by atoms with Gasteiger partial charge in [0.05, 0.1) is 29.4 Å². The lowest BCUT2D eigenvalue weighted by molar-refractivity contribution is -0.117. The van der Waals surface area contributed by atoms with Gasteiger partial charge in [0.1, 0.15) is 5.75 Å². The van der Waals surface area contributed by atoms with Gasteiger partial charge in [-0.3, -0.25) is 9.69 Å². The van der Waals surface area contributed by atoms with Crippen molar-refractivity contribution >= 4 is 46.4 Å². The Kier molecular flexibility index (Phi) is 6.75. The Morgan fingerprint density at radius 1 is 1.17 bits per heavy atom. The van der Waals surface area contributed by atoms with Crippen molar-refractivity contribution in [3.8, 4) is 5.75 Å². The molecule has 4 nitrogen and oxygen atoms in total. The molecule has 0 saturated heterocycles. The smallest absolute Gasteiger partial charge is 0.238 e. The molecule has 0 unspecified atom stereocenters. The number of carbonyl (C=O) groups is 1. The van der Waals surface area contributed by atoms with Gasteiger partial charge in [-0.25, -0.2) is 0 Å². The van der Waals surface area contributed by atoms with E-state index >= 15 is 0 Å². The number of para-hydroxylation sites is 1. The van der Waals surface area contributed by atoms with Crippen molar-refractivity contribution in [3.05, 3.63) is 57.0 Å². The van der Waals surface area contributed by atoms with Gasteiger partial charge in [0.15, 0.2) is 0 Å². The van der Waals surface area contributed by atoms with Crippen LogP contribution in [0.25, 0.3) is 0 Å². The Balaban J connectivity index is 2.00. The second-order valence-corrected chi connectivity index (χ2v) is 6.53. The van der Waals surface area contributed by atoms with Gasteiger partial charge in [0.2, 0.25) is 5.91 Å². The lowest BCUT2D eigenvalue weighted by Crippen LogP contribution is -2.30. The van der Waals surface area contributed by atoms with Crippen molar-refractivity contribution in [2.24, 2.45) is 0 Å². The van der Waals surface area contributed by atoms with E-state index in [1.165, 1.54) is 12.1 Å². The van der Waals surface area contributed by atoms with Crippen LogP contribution in [0, 0.1) is 0 Å². The molecule has 1 amide bonds. The Morgan fingerprint density at radius 2 is 1.79 bits per heavy atom. The summed E-state index contributed by atoms with van der Waals surface area (Å²) in [5.74, 6) is 0.562. The summed E-state index contributed by atoms with van der Waals surface area (Å²) in [6.07, 6.45) is 0. The summed E-state index contributed by atoms with van der Waals surface area (Å²) in [7, 11) is 3.47. The first-order valence-corrected chi connectivity index (χ1v) is 8.29. The number of hydrogen-bond acceptors (Lipinski definition) is 3. The van der Waals surface area contributed by atoms with Crippen LogP contribution in [-0.4, -0.2) is 31.5 Å². The largest absolute Gasteiger partial charge is 0.496 e. The van der Waals surface area contributed by atoms with Crippen molar-refractivity contribution in [2.75, 3.05) is 26.0 Å². The van der Waals surface area contributed by atoms with Gasteiger partial charge in [-0.15, -0.1) is 0 Å². The van der Waals surface area contributed by atoms with E-state index in [1.807, 2.05) is 36.2 Å². The van der Waals surface area contributed by atoms with Crippen LogP contribution in [0.4, 0.5) is 5.69 Å². The first-order chi connectivity index (χ1) is 11.4. The third kappa shape index (κ3) is 5.02. The molecule has 0 heterocycles. The standard InChI is InChI=1S/C17H17Cl3N2O2/c1-22(9-11-5-3-4-6-15(11)24-2)10-16(23)21-17-13(19)7-12(18)8-14(17)20/h3-8H,9-10H2,1-2H3,(H,21,23). The molecule has 0 aliphatic rings. The van der Waals surface area contributed by atoms with E-state index in [2.05, 4.69) is 5.32 Å². The van der Waals surface area contributed by atoms with Gasteiger partial charge in [-0.1, -0.05) is 53.0 Å². The van der Waals surface area contributed by atoms with Crippen molar-refractivity contribution in [3.63, 3.8) is 0 Å². The number of amides is 1. The highest BCUT2D eigenvalue weighted by Gasteiger charge is 2.14. The molecule has 24 heavy (non-hydrogen) atoms. The summed E-state index contributed by atoms with van der Waals surface area (Å²) < 4.78 is 5.31. The maximum atomic E-state index is 12.2. The van der Waals surface area contributed by atoms with Crippen LogP contribution in [0.2, 0.25) is 15.1 Å². The summed E-state index contributed by atoms with van der Waals surface area (Å²) in [6, 6.07) is 10.7. The van der Waals surface area contributed by atoms with Gasteiger partial charge < -0.3 is 10.1 Å². The predicted molar refractivity (Wildman–Crippen MR) is 99.4 cm³/mol. The number of hydrogen-bond donors (Lipinski definition) is 1. The number of carbonyl (C=O) groups excluding carboxylic acids is 1.